The summed E-state index contributed by atoms with van der Waals surface area (Å²) in [6.07, 6.45) is -2.53. The van der Waals surface area contributed by atoms with Crippen molar-refractivity contribution in [1.29, 1.82) is 0 Å². The minimum atomic E-state index is -1.26. The maximum absolute atomic E-state index is 11.9. The van der Waals surface area contributed by atoms with Crippen molar-refractivity contribution in [2.24, 2.45) is 0 Å². The van der Waals surface area contributed by atoms with Gasteiger partial charge in [-0.05, 0) is 0 Å². The van der Waals surface area contributed by atoms with Crippen molar-refractivity contribution >= 4 is 0 Å². The predicted octanol–water partition coefficient (Wildman–Crippen LogP) is 0.266. The smallest absolute Gasteiger partial charge is 0.145 e. The van der Waals surface area contributed by atoms with E-state index in [0.29, 0.717) is 0 Å². The molecule has 1 saturated heterocycles. The van der Waals surface area contributed by atoms with E-state index in [1.165, 1.54) is 0 Å². The van der Waals surface area contributed by atoms with Crippen LogP contribution in [0.25, 0.3) is 0 Å². The lowest BCUT2D eigenvalue weighted by atomic mass is 10.3. The molecule has 3 heteroatoms. The van der Waals surface area contributed by atoms with Gasteiger partial charge in [-0.25, -0.2) is 8.78 Å². The zero-order valence-electron chi connectivity index (χ0n) is 3.82. The Morgan fingerprint density at radius 1 is 1.14 bits per heavy atom. The molecule has 0 bridgehead atoms. The number of halogens is 2. The van der Waals surface area contributed by atoms with Crippen molar-refractivity contribution in [3.8, 4) is 0 Å². The fourth-order valence-electron chi connectivity index (χ4n) is 0.615. The lowest BCUT2D eigenvalue weighted by Crippen LogP contribution is -2.12. The molecule has 1 fully saturated rings. The van der Waals surface area contributed by atoms with E-state index in [4.69, 9.17) is 0 Å². The van der Waals surface area contributed by atoms with Crippen LogP contribution in [0, 0.1) is 0 Å². The average Bonchev–Trinajstić information content (AvgIpc) is 1.91. The Morgan fingerprint density at radius 2 is 1.57 bits per heavy atom. The SMILES string of the molecule is F[C@@H]1CNC[C@H]1F. The van der Waals surface area contributed by atoms with Crippen LogP contribution in [0.4, 0.5) is 8.78 Å². The molecule has 1 heterocycles. The Labute approximate surface area is 40.7 Å². The summed E-state index contributed by atoms with van der Waals surface area (Å²) < 4.78 is 23.8. The van der Waals surface area contributed by atoms with Crippen molar-refractivity contribution in [1.82, 2.24) is 5.32 Å². The first-order chi connectivity index (χ1) is 3.30. The molecule has 1 aliphatic heterocycles. The summed E-state index contributed by atoms with van der Waals surface area (Å²) in [5.41, 5.74) is 0. The molecule has 0 amide bonds. The number of hydrogen-bond donors (Lipinski definition) is 1. The van der Waals surface area contributed by atoms with Crippen molar-refractivity contribution in [2.45, 2.75) is 12.3 Å². The van der Waals surface area contributed by atoms with Gasteiger partial charge in [0.15, 0.2) is 0 Å². The van der Waals surface area contributed by atoms with Gasteiger partial charge in [-0.15, -0.1) is 0 Å². The number of nitrogens with one attached hydrogen (secondary N) is 1. The van der Waals surface area contributed by atoms with Gasteiger partial charge in [-0.3, -0.25) is 0 Å². The highest BCUT2D eigenvalue weighted by Crippen LogP contribution is 2.06. The van der Waals surface area contributed by atoms with Gasteiger partial charge in [0.2, 0.25) is 0 Å². The van der Waals surface area contributed by atoms with Gasteiger partial charge in [0.25, 0.3) is 0 Å². The Hall–Kier alpha value is -0.180. The first-order valence-corrected chi connectivity index (χ1v) is 2.29. The number of rotatable bonds is 0. The van der Waals surface area contributed by atoms with E-state index >= 15 is 0 Å². The lowest BCUT2D eigenvalue weighted by molar-refractivity contribution is 0.217. The number of alkyl halides is 2. The van der Waals surface area contributed by atoms with Crippen molar-refractivity contribution in [3.05, 3.63) is 0 Å². The zero-order chi connectivity index (χ0) is 5.28. The summed E-state index contributed by atoms with van der Waals surface area (Å²) in [4.78, 5) is 0. The molecular formula is C4H7F2N. The standard InChI is InChI=1S/C4H7F2N/c5-3-1-7-2-4(3)6/h3-4,7H,1-2H2/t3-,4-/m1/s1. The second-order valence-corrected chi connectivity index (χ2v) is 1.69. The van der Waals surface area contributed by atoms with E-state index in [0.717, 1.165) is 0 Å². The molecule has 0 saturated carbocycles. The van der Waals surface area contributed by atoms with Crippen LogP contribution in [-0.4, -0.2) is 25.4 Å². The topological polar surface area (TPSA) is 12.0 Å². The highest BCUT2D eigenvalue weighted by Gasteiger charge is 2.25. The summed E-state index contributed by atoms with van der Waals surface area (Å²) >= 11 is 0. The zero-order valence-corrected chi connectivity index (χ0v) is 3.82. The Bertz CT molecular complexity index is 58.7. The summed E-state index contributed by atoms with van der Waals surface area (Å²) in [7, 11) is 0. The first-order valence-electron chi connectivity index (χ1n) is 2.29. The average molecular weight is 107 g/mol. The minimum Gasteiger partial charge on any atom is -0.311 e. The maximum Gasteiger partial charge on any atom is 0.145 e. The summed E-state index contributed by atoms with van der Waals surface area (Å²) in [5, 5.41) is 2.57. The van der Waals surface area contributed by atoms with Crippen LogP contribution < -0.4 is 5.32 Å². The van der Waals surface area contributed by atoms with Gasteiger partial charge in [0, 0.05) is 13.1 Å². The molecular weight excluding hydrogens is 100 g/mol. The Kier molecular flexibility index (Phi) is 1.23. The normalized spacial score (nSPS) is 42.0. The molecule has 0 spiro atoms. The van der Waals surface area contributed by atoms with Crippen LogP contribution in [-0.2, 0) is 0 Å². The van der Waals surface area contributed by atoms with Crippen LogP contribution in [0.5, 0.6) is 0 Å². The van der Waals surface area contributed by atoms with Crippen molar-refractivity contribution in [3.63, 3.8) is 0 Å². The highest BCUT2D eigenvalue weighted by molar-refractivity contribution is 4.79. The summed E-state index contributed by atoms with van der Waals surface area (Å²) in [6, 6.07) is 0. The Balaban J connectivity index is 2.33. The first kappa shape index (κ1) is 4.97. The third-order valence-corrected chi connectivity index (χ3v) is 1.07. The summed E-state index contributed by atoms with van der Waals surface area (Å²) in [6.45, 7) is 0.363. The van der Waals surface area contributed by atoms with Crippen LogP contribution in [0.1, 0.15) is 0 Å². The quantitative estimate of drug-likeness (QED) is 0.468. The molecule has 0 radical (unpaired) electrons. The van der Waals surface area contributed by atoms with E-state index in [1.54, 1.807) is 0 Å². The maximum atomic E-state index is 11.9. The van der Waals surface area contributed by atoms with Gasteiger partial charge >= 0.3 is 0 Å². The number of hydrogen-bond acceptors (Lipinski definition) is 1. The van der Waals surface area contributed by atoms with E-state index < -0.39 is 12.3 Å². The molecule has 2 atom stereocenters. The van der Waals surface area contributed by atoms with Gasteiger partial charge < -0.3 is 5.32 Å². The largest absolute Gasteiger partial charge is 0.311 e. The third-order valence-electron chi connectivity index (χ3n) is 1.07. The van der Waals surface area contributed by atoms with E-state index in [9.17, 15) is 8.78 Å². The molecule has 0 aromatic rings. The van der Waals surface area contributed by atoms with Crippen LogP contribution in [0.15, 0.2) is 0 Å². The summed E-state index contributed by atoms with van der Waals surface area (Å²) in [5.74, 6) is 0. The molecule has 0 unspecified atom stereocenters. The highest BCUT2D eigenvalue weighted by atomic mass is 19.2. The monoisotopic (exact) mass is 107 g/mol. The molecule has 1 nitrogen and oxygen atoms in total. The van der Waals surface area contributed by atoms with E-state index in [2.05, 4.69) is 5.32 Å². The fraction of sp³-hybridized carbons (Fsp3) is 1.00. The molecule has 0 aliphatic carbocycles. The molecule has 1 N–H and O–H groups in total. The van der Waals surface area contributed by atoms with E-state index in [1.807, 2.05) is 0 Å². The van der Waals surface area contributed by atoms with E-state index in [-0.39, 0.29) is 13.1 Å². The van der Waals surface area contributed by atoms with Gasteiger partial charge in [0.05, 0.1) is 0 Å². The molecule has 0 aromatic carbocycles. The van der Waals surface area contributed by atoms with Gasteiger partial charge in [0.1, 0.15) is 12.3 Å². The molecule has 7 heavy (non-hydrogen) atoms. The lowest BCUT2D eigenvalue weighted by Gasteiger charge is -1.95. The second-order valence-electron chi connectivity index (χ2n) is 1.69. The van der Waals surface area contributed by atoms with Crippen LogP contribution >= 0.6 is 0 Å². The van der Waals surface area contributed by atoms with Crippen molar-refractivity contribution < 1.29 is 8.78 Å². The molecule has 1 aliphatic rings. The third kappa shape index (κ3) is 0.881. The van der Waals surface area contributed by atoms with Gasteiger partial charge in [-0.1, -0.05) is 0 Å². The molecule has 0 aromatic heterocycles. The minimum absolute atomic E-state index is 0.182. The molecule has 1 rings (SSSR count). The van der Waals surface area contributed by atoms with Gasteiger partial charge in [-0.2, -0.15) is 0 Å². The fourth-order valence-corrected chi connectivity index (χ4v) is 0.615. The van der Waals surface area contributed by atoms with Crippen LogP contribution in [0.2, 0.25) is 0 Å². The Morgan fingerprint density at radius 3 is 1.71 bits per heavy atom. The van der Waals surface area contributed by atoms with Crippen molar-refractivity contribution in [2.75, 3.05) is 13.1 Å². The second kappa shape index (κ2) is 1.74. The van der Waals surface area contributed by atoms with Crippen LogP contribution in [0.3, 0.4) is 0 Å². The molecule has 42 valence electrons. The predicted molar refractivity (Wildman–Crippen MR) is 22.7 cm³/mol.